The van der Waals surface area contributed by atoms with E-state index in [-0.39, 0.29) is 17.1 Å². The van der Waals surface area contributed by atoms with E-state index in [0.717, 1.165) is 6.42 Å². The van der Waals surface area contributed by atoms with E-state index in [9.17, 15) is 18.0 Å². The van der Waals surface area contributed by atoms with Crippen LogP contribution < -0.4 is 5.32 Å². The quantitative estimate of drug-likeness (QED) is 0.891. The summed E-state index contributed by atoms with van der Waals surface area (Å²) in [6, 6.07) is 5.63. The molecule has 5 nitrogen and oxygen atoms in total. The topological polar surface area (TPSA) is 75.1 Å². The molecule has 0 unspecified atom stereocenters. The molecule has 0 saturated heterocycles. The first-order chi connectivity index (χ1) is 11.3. The zero-order chi connectivity index (χ0) is 17.3. The zero-order valence-electron chi connectivity index (χ0n) is 12.5. The molecule has 0 saturated carbocycles. The van der Waals surface area contributed by atoms with Crippen LogP contribution in [-0.4, -0.2) is 21.0 Å². The van der Waals surface area contributed by atoms with Crippen molar-refractivity contribution in [1.29, 1.82) is 0 Å². The molecule has 8 heteroatoms. The molecule has 0 spiro atoms. The average Bonchev–Trinajstić information content (AvgIpc) is 2.53. The Bertz CT molecular complexity index is 773. The highest BCUT2D eigenvalue weighted by Gasteiger charge is 2.38. The number of benzene rings is 1. The SMILES string of the molecule is O=C(O)c1ccc(Nc2nc3c(c(C(F)(F)F)n2)CCCC3)cc1. The number of aromatic nitrogens is 2. The third kappa shape index (κ3) is 3.32. The van der Waals surface area contributed by atoms with Crippen molar-refractivity contribution in [3.05, 3.63) is 46.8 Å². The maximum atomic E-state index is 13.3. The predicted octanol–water partition coefficient (Wildman–Crippen LogP) is 3.82. The summed E-state index contributed by atoms with van der Waals surface area (Å²) in [7, 11) is 0. The van der Waals surface area contributed by atoms with Gasteiger partial charge in [0, 0.05) is 16.9 Å². The molecule has 1 aromatic carbocycles. The summed E-state index contributed by atoms with van der Waals surface area (Å²) in [6.45, 7) is 0. The monoisotopic (exact) mass is 337 g/mol. The lowest BCUT2D eigenvalue weighted by Crippen LogP contribution is -2.19. The van der Waals surface area contributed by atoms with E-state index in [1.807, 2.05) is 0 Å². The van der Waals surface area contributed by atoms with Gasteiger partial charge in [0.15, 0.2) is 5.69 Å². The molecule has 1 aliphatic rings. The Morgan fingerprint density at radius 1 is 1.08 bits per heavy atom. The van der Waals surface area contributed by atoms with E-state index >= 15 is 0 Å². The third-order valence-corrected chi connectivity index (χ3v) is 3.84. The molecule has 2 aromatic rings. The first-order valence-corrected chi connectivity index (χ1v) is 7.42. The smallest absolute Gasteiger partial charge is 0.433 e. The lowest BCUT2D eigenvalue weighted by Gasteiger charge is -2.20. The number of rotatable bonds is 3. The Morgan fingerprint density at radius 2 is 1.75 bits per heavy atom. The average molecular weight is 337 g/mol. The van der Waals surface area contributed by atoms with Crippen molar-refractivity contribution in [2.75, 3.05) is 5.32 Å². The minimum Gasteiger partial charge on any atom is -0.478 e. The molecule has 2 N–H and O–H groups in total. The number of carbonyl (C=O) groups is 1. The van der Waals surface area contributed by atoms with Gasteiger partial charge in [0.2, 0.25) is 5.95 Å². The van der Waals surface area contributed by atoms with Gasteiger partial charge in [0.05, 0.1) is 5.56 Å². The maximum Gasteiger partial charge on any atom is 0.433 e. The van der Waals surface area contributed by atoms with E-state index < -0.39 is 17.8 Å². The van der Waals surface area contributed by atoms with Gasteiger partial charge in [-0.05, 0) is 49.9 Å². The van der Waals surface area contributed by atoms with Crippen LogP contribution >= 0.6 is 0 Å². The van der Waals surface area contributed by atoms with E-state index in [2.05, 4.69) is 15.3 Å². The van der Waals surface area contributed by atoms with Crippen molar-refractivity contribution in [1.82, 2.24) is 9.97 Å². The normalized spacial score (nSPS) is 14.1. The highest BCUT2D eigenvalue weighted by molar-refractivity contribution is 5.88. The molecule has 1 aromatic heterocycles. The molecular formula is C16H14F3N3O2. The lowest BCUT2D eigenvalue weighted by atomic mass is 9.94. The number of halogens is 3. The van der Waals surface area contributed by atoms with Crippen molar-refractivity contribution < 1.29 is 23.1 Å². The summed E-state index contributed by atoms with van der Waals surface area (Å²) in [5.41, 5.74) is 0.220. The number of carboxylic acids is 1. The Balaban J connectivity index is 1.94. The molecule has 126 valence electrons. The van der Waals surface area contributed by atoms with Crippen molar-refractivity contribution in [2.24, 2.45) is 0 Å². The van der Waals surface area contributed by atoms with Crippen molar-refractivity contribution in [3.8, 4) is 0 Å². The van der Waals surface area contributed by atoms with Gasteiger partial charge in [-0.1, -0.05) is 0 Å². The summed E-state index contributed by atoms with van der Waals surface area (Å²) in [4.78, 5) is 18.7. The molecule has 24 heavy (non-hydrogen) atoms. The first kappa shape index (κ1) is 16.2. The highest BCUT2D eigenvalue weighted by atomic mass is 19.4. The number of aryl methyl sites for hydroxylation is 1. The Hall–Kier alpha value is -2.64. The fourth-order valence-corrected chi connectivity index (χ4v) is 2.71. The zero-order valence-corrected chi connectivity index (χ0v) is 12.5. The molecule has 3 rings (SSSR count). The summed E-state index contributed by atoms with van der Waals surface area (Å²) in [6.07, 6.45) is -2.21. The number of aromatic carboxylic acids is 1. The molecule has 0 aliphatic heterocycles. The van der Waals surface area contributed by atoms with Gasteiger partial charge in [-0.15, -0.1) is 0 Å². The van der Waals surface area contributed by atoms with Gasteiger partial charge in [-0.25, -0.2) is 14.8 Å². The van der Waals surface area contributed by atoms with Crippen LogP contribution in [0.3, 0.4) is 0 Å². The standard InChI is InChI=1S/C16H14F3N3O2/c17-16(18,19)13-11-3-1-2-4-12(11)21-15(22-13)20-10-7-5-9(6-8-10)14(23)24/h5-8H,1-4H2,(H,23,24)(H,20,21,22). The second-order valence-corrected chi connectivity index (χ2v) is 5.53. The number of hydrogen-bond acceptors (Lipinski definition) is 4. The van der Waals surface area contributed by atoms with Gasteiger partial charge >= 0.3 is 12.1 Å². The minimum atomic E-state index is -4.53. The molecule has 0 atom stereocenters. The highest BCUT2D eigenvalue weighted by Crippen LogP contribution is 2.35. The Labute approximate surface area is 135 Å². The van der Waals surface area contributed by atoms with Crippen molar-refractivity contribution >= 4 is 17.6 Å². The largest absolute Gasteiger partial charge is 0.478 e. The summed E-state index contributed by atoms with van der Waals surface area (Å²) in [5, 5.41) is 11.6. The van der Waals surface area contributed by atoms with Crippen LogP contribution in [0.1, 0.15) is 40.2 Å². The molecule has 0 radical (unpaired) electrons. The number of nitrogens with one attached hydrogen (secondary N) is 1. The van der Waals surface area contributed by atoms with Gasteiger partial charge in [-0.3, -0.25) is 0 Å². The number of anilines is 2. The summed E-state index contributed by atoms with van der Waals surface area (Å²) < 4.78 is 39.8. The lowest BCUT2D eigenvalue weighted by molar-refractivity contribution is -0.142. The molecule has 1 aliphatic carbocycles. The van der Waals surface area contributed by atoms with Crippen LogP contribution in [0.2, 0.25) is 0 Å². The van der Waals surface area contributed by atoms with Gasteiger partial charge in [0.1, 0.15) is 0 Å². The summed E-state index contributed by atoms with van der Waals surface area (Å²) in [5.74, 6) is -1.21. The van der Waals surface area contributed by atoms with E-state index in [4.69, 9.17) is 5.11 Å². The fraction of sp³-hybridized carbons (Fsp3) is 0.312. The van der Waals surface area contributed by atoms with Crippen LogP contribution in [0.4, 0.5) is 24.8 Å². The molecule has 0 fully saturated rings. The molecule has 0 bridgehead atoms. The predicted molar refractivity (Wildman–Crippen MR) is 80.4 cm³/mol. The number of alkyl halides is 3. The number of hydrogen-bond donors (Lipinski definition) is 2. The van der Waals surface area contributed by atoms with Crippen molar-refractivity contribution in [2.45, 2.75) is 31.9 Å². The second-order valence-electron chi connectivity index (χ2n) is 5.53. The van der Waals surface area contributed by atoms with Gasteiger partial charge in [0.25, 0.3) is 0 Å². The van der Waals surface area contributed by atoms with Crippen LogP contribution in [0.15, 0.2) is 24.3 Å². The van der Waals surface area contributed by atoms with Crippen molar-refractivity contribution in [3.63, 3.8) is 0 Å². The van der Waals surface area contributed by atoms with E-state index in [0.29, 0.717) is 30.6 Å². The van der Waals surface area contributed by atoms with E-state index in [1.54, 1.807) is 0 Å². The third-order valence-electron chi connectivity index (χ3n) is 3.84. The molecule has 0 amide bonds. The van der Waals surface area contributed by atoms with Crippen LogP contribution in [0.5, 0.6) is 0 Å². The number of carboxylic acid groups (broad SMARTS) is 1. The van der Waals surface area contributed by atoms with Crippen LogP contribution in [0, 0.1) is 0 Å². The Kier molecular flexibility index (Phi) is 4.13. The summed E-state index contributed by atoms with van der Waals surface area (Å²) >= 11 is 0. The van der Waals surface area contributed by atoms with Gasteiger partial charge in [-0.2, -0.15) is 13.2 Å². The van der Waals surface area contributed by atoms with Crippen LogP contribution in [-0.2, 0) is 19.0 Å². The number of fused-ring (bicyclic) bond motifs is 1. The Morgan fingerprint density at radius 3 is 2.38 bits per heavy atom. The second kappa shape index (κ2) is 6.10. The van der Waals surface area contributed by atoms with Crippen LogP contribution in [0.25, 0.3) is 0 Å². The van der Waals surface area contributed by atoms with E-state index in [1.165, 1.54) is 24.3 Å². The number of nitrogens with zero attached hydrogens (tertiary/aromatic N) is 2. The minimum absolute atomic E-state index is 0.0860. The molecular weight excluding hydrogens is 323 g/mol. The fourth-order valence-electron chi connectivity index (χ4n) is 2.71. The van der Waals surface area contributed by atoms with Gasteiger partial charge < -0.3 is 10.4 Å². The molecule has 1 heterocycles. The maximum absolute atomic E-state index is 13.3. The first-order valence-electron chi connectivity index (χ1n) is 7.42.